The van der Waals surface area contributed by atoms with E-state index in [2.05, 4.69) is 15.4 Å². The van der Waals surface area contributed by atoms with E-state index in [1.165, 1.54) is 50.6 Å². The van der Waals surface area contributed by atoms with E-state index >= 15 is 0 Å². The molecule has 0 saturated heterocycles. The molecule has 0 heterocycles. The Morgan fingerprint density at radius 2 is 1.69 bits per heavy atom. The smallest absolute Gasteiger partial charge is 0.271 e. The van der Waals surface area contributed by atoms with Crippen molar-refractivity contribution in [3.8, 4) is 5.75 Å². The Bertz CT molecular complexity index is 1370. The average Bonchev–Trinajstić information content (AvgIpc) is 2.86. The minimum absolute atomic E-state index is 0.0949. The summed E-state index contributed by atoms with van der Waals surface area (Å²) in [6, 6.07) is 15.5. The van der Waals surface area contributed by atoms with E-state index in [9.17, 15) is 28.1 Å². The second-order valence-electron chi connectivity index (χ2n) is 7.23. The number of nitro groups is 1. The van der Waals surface area contributed by atoms with Crippen LogP contribution in [0.2, 0.25) is 0 Å². The van der Waals surface area contributed by atoms with Crippen LogP contribution in [0.25, 0.3) is 0 Å². The van der Waals surface area contributed by atoms with Gasteiger partial charge in [0.15, 0.2) is 0 Å². The van der Waals surface area contributed by atoms with E-state index in [1.807, 2.05) is 0 Å². The van der Waals surface area contributed by atoms with Crippen LogP contribution in [0.15, 0.2) is 71.6 Å². The normalized spacial score (nSPS) is 10.8. The number of carbonyl (C=O) groups is 2. The summed E-state index contributed by atoms with van der Waals surface area (Å²) in [6.07, 6.45) is 0. The third-order valence-electron chi connectivity index (χ3n) is 4.93. The number of methoxy groups -OCH3 is 1. The molecule has 3 aromatic rings. The van der Waals surface area contributed by atoms with E-state index in [0.717, 1.165) is 6.07 Å². The molecule has 0 atom stereocenters. The summed E-state index contributed by atoms with van der Waals surface area (Å²) in [4.78, 5) is 34.5. The number of carbonyl (C=O) groups excluding carboxylic acids is 2. The zero-order chi connectivity index (χ0) is 25.6. The number of ether oxygens (including phenoxy) is 1. The molecule has 3 aromatic carbocycles. The largest absolute Gasteiger partial charge is 0.495 e. The molecule has 3 N–H and O–H groups in total. The Labute approximate surface area is 201 Å². The van der Waals surface area contributed by atoms with Crippen molar-refractivity contribution in [1.29, 1.82) is 0 Å². The van der Waals surface area contributed by atoms with Crippen molar-refractivity contribution < 1.29 is 27.7 Å². The number of sulfonamides is 1. The maximum atomic E-state index is 12.8. The third kappa shape index (κ3) is 6.12. The first-order chi connectivity index (χ1) is 16.6. The highest BCUT2D eigenvalue weighted by Crippen LogP contribution is 2.30. The molecule has 3 rings (SSSR count). The van der Waals surface area contributed by atoms with Crippen molar-refractivity contribution in [2.75, 3.05) is 18.9 Å². The molecule has 0 spiro atoms. The zero-order valence-electron chi connectivity index (χ0n) is 18.8. The fraction of sp³-hybridized carbons (Fsp3) is 0.130. The fourth-order valence-corrected chi connectivity index (χ4v) is 4.19. The van der Waals surface area contributed by atoms with E-state index in [0.29, 0.717) is 11.1 Å². The lowest BCUT2D eigenvalue weighted by atomic mass is 10.1. The molecule has 0 radical (unpaired) electrons. The van der Waals surface area contributed by atoms with E-state index < -0.39 is 20.9 Å². The number of hydrogen-bond acceptors (Lipinski definition) is 7. The summed E-state index contributed by atoms with van der Waals surface area (Å²) in [7, 11) is -1.29. The summed E-state index contributed by atoms with van der Waals surface area (Å²) in [6.45, 7) is 0.165. The van der Waals surface area contributed by atoms with Crippen LogP contribution in [0.4, 0.5) is 11.4 Å². The maximum Gasteiger partial charge on any atom is 0.271 e. The molecular weight excluding hydrogens is 476 g/mol. The first-order valence-electron chi connectivity index (χ1n) is 10.2. The van der Waals surface area contributed by atoms with Crippen LogP contribution in [0.1, 0.15) is 26.3 Å². The number of non-ortho nitro benzene ring substituents is 1. The van der Waals surface area contributed by atoms with Gasteiger partial charge in [-0.05, 0) is 48.0 Å². The standard InChI is InChI=1S/C23H22N4O7S/c1-24-22(28)17-5-3-4-15(12-17)14-25-23(29)16-6-9-19(10-7-16)35(32,33)26-20-13-18(27(30)31)8-11-21(20)34-2/h3-13,26H,14H2,1-2H3,(H,24,28)(H,25,29). The minimum Gasteiger partial charge on any atom is -0.495 e. The number of amides is 2. The van der Waals surface area contributed by atoms with Gasteiger partial charge in [-0.1, -0.05) is 12.1 Å². The molecule has 0 bridgehead atoms. The SMILES string of the molecule is CNC(=O)c1cccc(CNC(=O)c2ccc(S(=O)(=O)Nc3cc([N+](=O)[O-])ccc3OC)cc2)c1. The van der Waals surface area contributed by atoms with Gasteiger partial charge in [0.1, 0.15) is 5.75 Å². The van der Waals surface area contributed by atoms with Gasteiger partial charge in [0.2, 0.25) is 0 Å². The highest BCUT2D eigenvalue weighted by Gasteiger charge is 2.20. The molecule has 12 heteroatoms. The molecule has 182 valence electrons. The Morgan fingerprint density at radius 1 is 0.971 bits per heavy atom. The van der Waals surface area contributed by atoms with E-state index in [1.54, 1.807) is 24.3 Å². The van der Waals surface area contributed by atoms with Crippen molar-refractivity contribution in [3.63, 3.8) is 0 Å². The first kappa shape index (κ1) is 25.2. The van der Waals surface area contributed by atoms with Gasteiger partial charge < -0.3 is 15.4 Å². The Morgan fingerprint density at radius 3 is 2.31 bits per heavy atom. The van der Waals surface area contributed by atoms with Crippen LogP contribution in [0, 0.1) is 10.1 Å². The van der Waals surface area contributed by atoms with Gasteiger partial charge in [0.05, 0.1) is 22.6 Å². The highest BCUT2D eigenvalue weighted by molar-refractivity contribution is 7.92. The average molecular weight is 499 g/mol. The fourth-order valence-electron chi connectivity index (χ4n) is 3.13. The van der Waals surface area contributed by atoms with Crippen LogP contribution in [0.5, 0.6) is 5.75 Å². The van der Waals surface area contributed by atoms with Gasteiger partial charge in [-0.15, -0.1) is 0 Å². The number of anilines is 1. The first-order valence-corrected chi connectivity index (χ1v) is 11.7. The van der Waals surface area contributed by atoms with Crippen molar-refractivity contribution in [2.24, 2.45) is 0 Å². The van der Waals surface area contributed by atoms with Crippen LogP contribution in [-0.4, -0.2) is 39.3 Å². The van der Waals surface area contributed by atoms with Crippen LogP contribution in [0.3, 0.4) is 0 Å². The number of nitro benzene ring substituents is 1. The molecule has 0 fully saturated rings. The lowest BCUT2D eigenvalue weighted by Gasteiger charge is -2.12. The molecule has 11 nitrogen and oxygen atoms in total. The molecule has 0 unspecified atom stereocenters. The van der Waals surface area contributed by atoms with Crippen LogP contribution in [-0.2, 0) is 16.6 Å². The zero-order valence-corrected chi connectivity index (χ0v) is 19.6. The number of benzene rings is 3. The Balaban J connectivity index is 1.71. The van der Waals surface area contributed by atoms with Gasteiger partial charge in [0.25, 0.3) is 27.5 Å². The minimum atomic E-state index is -4.12. The second kappa shape index (κ2) is 10.7. The van der Waals surface area contributed by atoms with Crippen LogP contribution < -0.4 is 20.1 Å². The number of hydrogen-bond donors (Lipinski definition) is 3. The maximum absolute atomic E-state index is 12.8. The summed E-state index contributed by atoms with van der Waals surface area (Å²) < 4.78 is 32.9. The monoisotopic (exact) mass is 498 g/mol. The second-order valence-corrected chi connectivity index (χ2v) is 8.92. The summed E-state index contributed by atoms with van der Waals surface area (Å²) in [5.41, 5.74) is 0.994. The Hall–Kier alpha value is -4.45. The highest BCUT2D eigenvalue weighted by atomic mass is 32.2. The van der Waals surface area contributed by atoms with Gasteiger partial charge in [-0.2, -0.15) is 0 Å². The predicted octanol–water partition coefficient (Wildman–Crippen LogP) is 2.69. The van der Waals surface area contributed by atoms with Crippen molar-refractivity contribution in [3.05, 3.63) is 93.5 Å². The van der Waals surface area contributed by atoms with Crippen molar-refractivity contribution >= 4 is 33.2 Å². The van der Waals surface area contributed by atoms with Crippen molar-refractivity contribution in [2.45, 2.75) is 11.4 Å². The summed E-state index contributed by atoms with van der Waals surface area (Å²) in [5, 5.41) is 16.3. The lowest BCUT2D eigenvalue weighted by Crippen LogP contribution is -2.23. The third-order valence-corrected chi connectivity index (χ3v) is 6.32. The quantitative estimate of drug-likeness (QED) is 0.302. The summed E-state index contributed by atoms with van der Waals surface area (Å²) >= 11 is 0. The van der Waals surface area contributed by atoms with Crippen LogP contribution >= 0.6 is 0 Å². The number of nitrogens with zero attached hydrogens (tertiary/aromatic N) is 1. The molecule has 0 aliphatic rings. The molecule has 35 heavy (non-hydrogen) atoms. The van der Waals surface area contributed by atoms with E-state index in [-0.39, 0.29) is 40.0 Å². The number of nitrogens with one attached hydrogen (secondary N) is 3. The van der Waals surface area contributed by atoms with Gasteiger partial charge in [-0.25, -0.2) is 8.42 Å². The van der Waals surface area contributed by atoms with E-state index in [4.69, 9.17) is 4.74 Å². The molecule has 0 aliphatic carbocycles. The van der Waals surface area contributed by atoms with Crippen molar-refractivity contribution in [1.82, 2.24) is 10.6 Å². The van der Waals surface area contributed by atoms with Gasteiger partial charge in [-0.3, -0.25) is 24.4 Å². The Kier molecular flexibility index (Phi) is 7.66. The molecule has 0 aliphatic heterocycles. The summed E-state index contributed by atoms with van der Waals surface area (Å²) in [5.74, 6) is -0.574. The van der Waals surface area contributed by atoms with Gasteiger partial charge >= 0.3 is 0 Å². The molecule has 0 aromatic heterocycles. The van der Waals surface area contributed by atoms with Gasteiger partial charge in [0, 0.05) is 36.9 Å². The number of rotatable bonds is 9. The topological polar surface area (TPSA) is 157 Å². The lowest BCUT2D eigenvalue weighted by molar-refractivity contribution is -0.384. The molecule has 0 saturated carbocycles. The molecule has 2 amide bonds. The predicted molar refractivity (Wildman–Crippen MR) is 128 cm³/mol. The molecular formula is C23H22N4O7S.